The van der Waals surface area contributed by atoms with Crippen molar-refractivity contribution < 1.29 is 24.5 Å². The molecule has 0 radical (unpaired) electrons. The Hall–Kier alpha value is -1.79. The molecule has 0 saturated carbocycles. The Morgan fingerprint density at radius 3 is 2.95 bits per heavy atom. The summed E-state index contributed by atoms with van der Waals surface area (Å²) < 4.78 is 10.3. The van der Waals surface area contributed by atoms with Crippen LogP contribution >= 0.6 is 0 Å². The number of aliphatic carboxylic acids is 1. The van der Waals surface area contributed by atoms with E-state index in [-0.39, 0.29) is 18.4 Å². The Morgan fingerprint density at radius 1 is 1.55 bits per heavy atom. The van der Waals surface area contributed by atoms with Gasteiger partial charge in [-0.2, -0.15) is 0 Å². The second-order valence-electron chi connectivity index (χ2n) is 4.77. The number of carboxylic acids is 1. The van der Waals surface area contributed by atoms with E-state index in [4.69, 9.17) is 9.47 Å². The highest BCUT2D eigenvalue weighted by molar-refractivity contribution is 5.73. The molecule has 0 spiro atoms. The van der Waals surface area contributed by atoms with Gasteiger partial charge in [0.15, 0.2) is 11.5 Å². The molecular weight excluding hydrogens is 262 g/mol. The van der Waals surface area contributed by atoms with Crippen molar-refractivity contribution in [1.82, 2.24) is 4.90 Å². The number of benzene rings is 1. The quantitative estimate of drug-likeness (QED) is 0.864. The van der Waals surface area contributed by atoms with Gasteiger partial charge in [-0.25, -0.2) is 0 Å². The van der Waals surface area contributed by atoms with Gasteiger partial charge in [-0.15, -0.1) is 0 Å². The second kappa shape index (κ2) is 6.11. The maximum atomic E-state index is 11.3. The fourth-order valence-electron chi connectivity index (χ4n) is 2.44. The maximum Gasteiger partial charge on any atom is 0.323 e. The summed E-state index contributed by atoms with van der Waals surface area (Å²) in [5, 5.41) is 18.9. The Kier molecular flexibility index (Phi) is 4.46. The van der Waals surface area contributed by atoms with E-state index < -0.39 is 12.0 Å². The second-order valence-corrected chi connectivity index (χ2v) is 4.77. The largest absolute Gasteiger partial charge is 0.504 e. The first-order valence-corrected chi connectivity index (χ1v) is 6.47. The molecule has 1 aromatic rings. The van der Waals surface area contributed by atoms with Crippen molar-refractivity contribution in [1.29, 1.82) is 0 Å². The normalized spacial score (nSPS) is 21.4. The number of phenols is 1. The number of carboxylic acid groups (broad SMARTS) is 1. The molecule has 2 rings (SSSR count). The Balaban J connectivity index is 2.24. The van der Waals surface area contributed by atoms with Crippen molar-refractivity contribution in [3.8, 4) is 11.5 Å². The van der Waals surface area contributed by atoms with E-state index in [1.54, 1.807) is 18.2 Å². The molecule has 0 aromatic heterocycles. The summed E-state index contributed by atoms with van der Waals surface area (Å²) in [5.74, 6) is -0.433. The zero-order valence-electron chi connectivity index (χ0n) is 11.6. The Bertz CT molecular complexity index is 490. The number of carbonyl (C=O) groups is 1. The van der Waals surface area contributed by atoms with Gasteiger partial charge >= 0.3 is 5.97 Å². The van der Waals surface area contributed by atoms with Crippen LogP contribution in [0.25, 0.3) is 0 Å². The van der Waals surface area contributed by atoms with Gasteiger partial charge in [0.2, 0.25) is 0 Å². The van der Waals surface area contributed by atoms with E-state index >= 15 is 0 Å². The number of hydrogen-bond donors (Lipinski definition) is 2. The lowest BCUT2D eigenvalue weighted by Crippen LogP contribution is -2.50. The minimum atomic E-state index is -0.887. The SMILES string of the molecule is COc1cc(C(C)N2CCOCC2C(=O)O)ccc1O. The molecule has 110 valence electrons. The molecule has 1 saturated heterocycles. The molecule has 1 aliphatic rings. The molecule has 1 fully saturated rings. The zero-order chi connectivity index (χ0) is 14.7. The average Bonchev–Trinajstić information content (AvgIpc) is 2.47. The van der Waals surface area contributed by atoms with Gasteiger partial charge in [0.1, 0.15) is 6.04 Å². The lowest BCUT2D eigenvalue weighted by atomic mass is 10.0. The number of phenolic OH excluding ortho intramolecular Hbond substituents is 1. The molecular formula is C14H19NO5. The van der Waals surface area contributed by atoms with Crippen LogP contribution in [0.15, 0.2) is 18.2 Å². The Morgan fingerprint density at radius 2 is 2.30 bits per heavy atom. The number of aromatic hydroxyl groups is 1. The summed E-state index contributed by atoms with van der Waals surface area (Å²) in [6.07, 6.45) is 0. The summed E-state index contributed by atoms with van der Waals surface area (Å²) in [7, 11) is 1.48. The molecule has 1 aromatic carbocycles. The van der Waals surface area contributed by atoms with E-state index in [1.165, 1.54) is 7.11 Å². The van der Waals surface area contributed by atoms with Gasteiger partial charge in [-0.1, -0.05) is 6.07 Å². The predicted molar refractivity (Wildman–Crippen MR) is 72.0 cm³/mol. The van der Waals surface area contributed by atoms with E-state index in [2.05, 4.69) is 0 Å². The number of nitrogens with zero attached hydrogens (tertiary/aromatic N) is 1. The molecule has 2 N–H and O–H groups in total. The van der Waals surface area contributed by atoms with Crippen molar-refractivity contribution >= 4 is 5.97 Å². The van der Waals surface area contributed by atoms with Crippen LogP contribution in [0.4, 0.5) is 0 Å². The van der Waals surface area contributed by atoms with Gasteiger partial charge in [0.05, 0.1) is 20.3 Å². The number of morpholine rings is 1. The standard InChI is InChI=1S/C14H19NO5/c1-9(10-3-4-12(16)13(7-10)19-2)15-5-6-20-8-11(15)14(17)18/h3-4,7,9,11,16H,5-6,8H2,1-2H3,(H,17,18). The predicted octanol–water partition coefficient (Wildman–Crippen LogP) is 1.25. The molecule has 0 bridgehead atoms. The van der Waals surface area contributed by atoms with Crippen LogP contribution in [-0.4, -0.2) is 54.0 Å². The van der Waals surface area contributed by atoms with Gasteiger partial charge < -0.3 is 19.7 Å². The Labute approximate surface area is 117 Å². The molecule has 0 aliphatic carbocycles. The first-order valence-electron chi connectivity index (χ1n) is 6.47. The van der Waals surface area contributed by atoms with Gasteiger partial charge in [0.25, 0.3) is 0 Å². The molecule has 1 heterocycles. The lowest BCUT2D eigenvalue weighted by molar-refractivity contribution is -0.151. The number of hydrogen-bond acceptors (Lipinski definition) is 5. The third kappa shape index (κ3) is 2.86. The van der Waals surface area contributed by atoms with E-state index in [1.807, 2.05) is 11.8 Å². The maximum absolute atomic E-state index is 11.3. The molecule has 2 unspecified atom stereocenters. The highest BCUT2D eigenvalue weighted by Gasteiger charge is 2.33. The molecule has 6 heteroatoms. The number of ether oxygens (including phenoxy) is 2. The summed E-state index contributed by atoms with van der Waals surface area (Å²) >= 11 is 0. The van der Waals surface area contributed by atoms with Crippen molar-refractivity contribution in [3.63, 3.8) is 0 Å². The van der Waals surface area contributed by atoms with Crippen LogP contribution in [-0.2, 0) is 9.53 Å². The molecule has 2 atom stereocenters. The zero-order valence-corrected chi connectivity index (χ0v) is 11.6. The van der Waals surface area contributed by atoms with Crippen molar-refractivity contribution in [2.24, 2.45) is 0 Å². The minimum Gasteiger partial charge on any atom is -0.504 e. The topological polar surface area (TPSA) is 79.2 Å². The van der Waals surface area contributed by atoms with Gasteiger partial charge in [0, 0.05) is 12.6 Å². The van der Waals surface area contributed by atoms with Crippen LogP contribution < -0.4 is 4.74 Å². The first-order chi connectivity index (χ1) is 9.54. The highest BCUT2D eigenvalue weighted by atomic mass is 16.5. The lowest BCUT2D eigenvalue weighted by Gasteiger charge is -2.37. The summed E-state index contributed by atoms with van der Waals surface area (Å²) in [6.45, 7) is 3.20. The molecule has 6 nitrogen and oxygen atoms in total. The first kappa shape index (κ1) is 14.6. The monoisotopic (exact) mass is 281 g/mol. The molecule has 20 heavy (non-hydrogen) atoms. The van der Waals surface area contributed by atoms with Crippen LogP contribution in [0.3, 0.4) is 0 Å². The highest BCUT2D eigenvalue weighted by Crippen LogP contribution is 2.32. The fraction of sp³-hybridized carbons (Fsp3) is 0.500. The smallest absolute Gasteiger partial charge is 0.323 e. The summed E-state index contributed by atoms with van der Waals surface area (Å²) in [6, 6.07) is 4.31. The summed E-state index contributed by atoms with van der Waals surface area (Å²) in [4.78, 5) is 13.2. The van der Waals surface area contributed by atoms with Gasteiger partial charge in [-0.3, -0.25) is 9.69 Å². The van der Waals surface area contributed by atoms with Crippen molar-refractivity contribution in [2.75, 3.05) is 26.9 Å². The van der Waals surface area contributed by atoms with Crippen molar-refractivity contribution in [2.45, 2.75) is 19.0 Å². The summed E-state index contributed by atoms with van der Waals surface area (Å²) in [5.41, 5.74) is 0.896. The molecule has 1 aliphatic heterocycles. The van der Waals surface area contributed by atoms with E-state index in [9.17, 15) is 15.0 Å². The van der Waals surface area contributed by atoms with Crippen LogP contribution in [0.5, 0.6) is 11.5 Å². The average molecular weight is 281 g/mol. The number of methoxy groups -OCH3 is 1. The van der Waals surface area contributed by atoms with E-state index in [0.717, 1.165) is 5.56 Å². The van der Waals surface area contributed by atoms with Crippen molar-refractivity contribution in [3.05, 3.63) is 23.8 Å². The van der Waals surface area contributed by atoms with Crippen LogP contribution in [0.2, 0.25) is 0 Å². The van der Waals surface area contributed by atoms with Crippen LogP contribution in [0.1, 0.15) is 18.5 Å². The minimum absolute atomic E-state index is 0.0696. The van der Waals surface area contributed by atoms with Crippen LogP contribution in [0, 0.1) is 0 Å². The fourth-order valence-corrected chi connectivity index (χ4v) is 2.44. The molecule has 0 amide bonds. The third-order valence-electron chi connectivity index (χ3n) is 3.64. The third-order valence-corrected chi connectivity index (χ3v) is 3.64. The number of rotatable bonds is 4. The van der Waals surface area contributed by atoms with E-state index in [0.29, 0.717) is 18.9 Å². The van der Waals surface area contributed by atoms with Gasteiger partial charge in [-0.05, 0) is 24.6 Å².